The van der Waals surface area contributed by atoms with Crippen molar-refractivity contribution in [3.8, 4) is 5.69 Å². The maximum absolute atomic E-state index is 6.03. The van der Waals surface area contributed by atoms with E-state index in [-0.39, 0.29) is 0 Å². The summed E-state index contributed by atoms with van der Waals surface area (Å²) in [5.74, 6) is 0.446. The van der Waals surface area contributed by atoms with Gasteiger partial charge in [0, 0.05) is 9.50 Å². The van der Waals surface area contributed by atoms with Crippen molar-refractivity contribution in [2.24, 2.45) is 0 Å². The molecule has 3 aromatic rings. The SMILES string of the molecule is Cc1ccc(-n2c(N)nc3cc(Cl)ccc32)c(Br)c1. The van der Waals surface area contributed by atoms with Crippen molar-refractivity contribution in [3.05, 3.63) is 51.5 Å². The monoisotopic (exact) mass is 335 g/mol. The smallest absolute Gasteiger partial charge is 0.205 e. The van der Waals surface area contributed by atoms with Crippen molar-refractivity contribution in [2.45, 2.75) is 6.92 Å². The van der Waals surface area contributed by atoms with Gasteiger partial charge in [-0.3, -0.25) is 4.57 Å². The number of hydrogen-bond acceptors (Lipinski definition) is 2. The van der Waals surface area contributed by atoms with Gasteiger partial charge in [-0.05, 0) is 58.7 Å². The molecule has 19 heavy (non-hydrogen) atoms. The van der Waals surface area contributed by atoms with Crippen molar-refractivity contribution < 1.29 is 0 Å². The topological polar surface area (TPSA) is 43.8 Å². The van der Waals surface area contributed by atoms with Crippen LogP contribution in [-0.2, 0) is 0 Å². The lowest BCUT2D eigenvalue weighted by molar-refractivity contribution is 1.10. The van der Waals surface area contributed by atoms with E-state index in [2.05, 4.69) is 27.0 Å². The van der Waals surface area contributed by atoms with Crippen LogP contribution in [0.25, 0.3) is 16.7 Å². The van der Waals surface area contributed by atoms with Crippen LogP contribution in [0.4, 0.5) is 5.95 Å². The Morgan fingerprint density at radius 3 is 2.74 bits per heavy atom. The molecule has 1 heterocycles. The minimum absolute atomic E-state index is 0.446. The number of halogens is 2. The van der Waals surface area contributed by atoms with E-state index in [0.717, 1.165) is 21.2 Å². The maximum atomic E-state index is 6.03. The second-order valence-electron chi connectivity index (χ2n) is 4.39. The Labute approximate surface area is 124 Å². The number of rotatable bonds is 1. The largest absolute Gasteiger partial charge is 0.369 e. The van der Waals surface area contributed by atoms with Gasteiger partial charge in [-0.2, -0.15) is 0 Å². The summed E-state index contributed by atoms with van der Waals surface area (Å²) in [5.41, 5.74) is 9.90. The lowest BCUT2D eigenvalue weighted by Crippen LogP contribution is -2.01. The Kier molecular flexibility index (Phi) is 2.99. The Hall–Kier alpha value is -1.52. The third-order valence-corrected chi connectivity index (χ3v) is 3.86. The highest BCUT2D eigenvalue weighted by atomic mass is 79.9. The van der Waals surface area contributed by atoms with Gasteiger partial charge in [0.15, 0.2) is 0 Å². The summed E-state index contributed by atoms with van der Waals surface area (Å²) in [5, 5.41) is 0.653. The summed E-state index contributed by atoms with van der Waals surface area (Å²) >= 11 is 9.55. The van der Waals surface area contributed by atoms with Gasteiger partial charge in [0.2, 0.25) is 5.95 Å². The second kappa shape index (κ2) is 4.54. The van der Waals surface area contributed by atoms with Gasteiger partial charge >= 0.3 is 0 Å². The number of aryl methyl sites for hydroxylation is 1. The minimum Gasteiger partial charge on any atom is -0.369 e. The van der Waals surface area contributed by atoms with Crippen molar-refractivity contribution in [3.63, 3.8) is 0 Å². The number of hydrogen-bond donors (Lipinski definition) is 1. The third kappa shape index (κ3) is 2.11. The molecule has 0 radical (unpaired) electrons. The number of fused-ring (bicyclic) bond motifs is 1. The number of nitrogens with two attached hydrogens (primary N) is 1. The molecule has 0 amide bonds. The van der Waals surface area contributed by atoms with Gasteiger partial charge in [-0.25, -0.2) is 4.98 Å². The molecule has 5 heteroatoms. The van der Waals surface area contributed by atoms with Gasteiger partial charge in [0.1, 0.15) is 0 Å². The Bertz CT molecular complexity index is 780. The molecule has 0 saturated heterocycles. The fraction of sp³-hybridized carbons (Fsp3) is 0.0714. The first-order valence-corrected chi connectivity index (χ1v) is 6.93. The van der Waals surface area contributed by atoms with E-state index in [1.807, 2.05) is 41.8 Å². The van der Waals surface area contributed by atoms with Gasteiger partial charge in [0.25, 0.3) is 0 Å². The average molecular weight is 337 g/mol. The molecular formula is C14H11BrClN3. The number of benzene rings is 2. The van der Waals surface area contributed by atoms with Gasteiger partial charge in [-0.15, -0.1) is 0 Å². The molecule has 0 aliphatic carbocycles. The number of aromatic nitrogens is 2. The van der Waals surface area contributed by atoms with Gasteiger partial charge in [-0.1, -0.05) is 17.7 Å². The molecule has 0 aliphatic heterocycles. The molecule has 3 rings (SSSR count). The fourth-order valence-electron chi connectivity index (χ4n) is 2.12. The van der Waals surface area contributed by atoms with E-state index in [9.17, 15) is 0 Å². The highest BCUT2D eigenvalue weighted by Gasteiger charge is 2.12. The fourth-order valence-corrected chi connectivity index (χ4v) is 2.96. The zero-order chi connectivity index (χ0) is 13.6. The van der Waals surface area contributed by atoms with Crippen molar-refractivity contribution in [1.82, 2.24) is 9.55 Å². The molecule has 0 aliphatic rings. The van der Waals surface area contributed by atoms with Crippen LogP contribution in [0.5, 0.6) is 0 Å². The lowest BCUT2D eigenvalue weighted by atomic mass is 10.2. The van der Waals surface area contributed by atoms with Gasteiger partial charge in [0.05, 0.1) is 16.7 Å². The summed E-state index contributed by atoms with van der Waals surface area (Å²) < 4.78 is 2.89. The standard InChI is InChI=1S/C14H11BrClN3/c1-8-2-4-12(10(15)6-8)19-13-5-3-9(16)7-11(13)18-14(19)17/h2-7H,1H3,(H2,17,18). The maximum Gasteiger partial charge on any atom is 0.205 e. The Morgan fingerprint density at radius 2 is 2.00 bits per heavy atom. The zero-order valence-corrected chi connectivity index (χ0v) is 12.5. The molecule has 0 saturated carbocycles. The summed E-state index contributed by atoms with van der Waals surface area (Å²) in [6.07, 6.45) is 0. The van der Waals surface area contributed by atoms with E-state index in [1.165, 1.54) is 5.56 Å². The van der Waals surface area contributed by atoms with Crippen LogP contribution in [0.2, 0.25) is 5.02 Å². The summed E-state index contributed by atoms with van der Waals surface area (Å²) in [4.78, 5) is 4.35. The highest BCUT2D eigenvalue weighted by Crippen LogP contribution is 2.30. The first-order valence-electron chi connectivity index (χ1n) is 5.76. The van der Waals surface area contributed by atoms with Crippen LogP contribution in [0.3, 0.4) is 0 Å². The quantitative estimate of drug-likeness (QED) is 0.718. The summed E-state index contributed by atoms with van der Waals surface area (Å²) in [6.45, 7) is 2.05. The van der Waals surface area contributed by atoms with Crippen LogP contribution >= 0.6 is 27.5 Å². The van der Waals surface area contributed by atoms with Crippen molar-refractivity contribution >= 4 is 44.5 Å². The molecule has 0 unspecified atom stereocenters. The van der Waals surface area contributed by atoms with E-state index in [4.69, 9.17) is 17.3 Å². The molecular weight excluding hydrogens is 326 g/mol. The van der Waals surface area contributed by atoms with Crippen LogP contribution in [0, 0.1) is 6.92 Å². The lowest BCUT2D eigenvalue weighted by Gasteiger charge is -2.09. The molecule has 2 N–H and O–H groups in total. The molecule has 1 aromatic heterocycles. The van der Waals surface area contributed by atoms with E-state index >= 15 is 0 Å². The van der Waals surface area contributed by atoms with Crippen molar-refractivity contribution in [2.75, 3.05) is 5.73 Å². The van der Waals surface area contributed by atoms with E-state index in [1.54, 1.807) is 0 Å². The first-order chi connectivity index (χ1) is 9.06. The molecule has 2 aromatic carbocycles. The molecule has 96 valence electrons. The van der Waals surface area contributed by atoms with E-state index in [0.29, 0.717) is 11.0 Å². The molecule has 0 atom stereocenters. The molecule has 0 fully saturated rings. The predicted molar refractivity (Wildman–Crippen MR) is 82.9 cm³/mol. The normalized spacial score (nSPS) is 11.1. The molecule has 0 spiro atoms. The third-order valence-electron chi connectivity index (χ3n) is 2.99. The Balaban J connectivity index is 2.33. The highest BCUT2D eigenvalue weighted by molar-refractivity contribution is 9.10. The number of nitrogens with zero attached hydrogens (tertiary/aromatic N) is 2. The predicted octanol–water partition coefficient (Wildman–Crippen LogP) is 4.33. The van der Waals surface area contributed by atoms with Crippen LogP contribution in [0.15, 0.2) is 40.9 Å². The second-order valence-corrected chi connectivity index (χ2v) is 5.68. The number of nitrogen functional groups attached to an aromatic ring is 1. The zero-order valence-electron chi connectivity index (χ0n) is 10.2. The minimum atomic E-state index is 0.446. The van der Waals surface area contributed by atoms with Crippen LogP contribution in [-0.4, -0.2) is 9.55 Å². The average Bonchev–Trinajstić information content (AvgIpc) is 2.65. The Morgan fingerprint density at radius 1 is 1.21 bits per heavy atom. The summed E-state index contributed by atoms with van der Waals surface area (Å²) in [7, 11) is 0. The number of imidazole rings is 1. The summed E-state index contributed by atoms with van der Waals surface area (Å²) in [6, 6.07) is 11.7. The molecule has 3 nitrogen and oxygen atoms in total. The molecule has 0 bridgehead atoms. The van der Waals surface area contributed by atoms with Crippen molar-refractivity contribution in [1.29, 1.82) is 0 Å². The van der Waals surface area contributed by atoms with Gasteiger partial charge < -0.3 is 5.73 Å². The van der Waals surface area contributed by atoms with E-state index < -0.39 is 0 Å². The number of anilines is 1. The van der Waals surface area contributed by atoms with Crippen LogP contribution in [0.1, 0.15) is 5.56 Å². The van der Waals surface area contributed by atoms with Crippen LogP contribution < -0.4 is 5.73 Å². The first kappa shape index (κ1) is 12.5.